The summed E-state index contributed by atoms with van der Waals surface area (Å²) in [6, 6.07) is 24.6. The SMILES string of the molecule is O=C(NCCc1ccccc1)c1ccccc1NC(=O)[C@H]1Cc2ccccc2O1. The third kappa shape index (κ3) is 4.46. The molecule has 0 bridgehead atoms. The molecule has 0 aromatic heterocycles. The van der Waals surface area contributed by atoms with Gasteiger partial charge in [0.25, 0.3) is 11.8 Å². The summed E-state index contributed by atoms with van der Waals surface area (Å²) in [7, 11) is 0. The van der Waals surface area contributed by atoms with Crippen LogP contribution in [-0.4, -0.2) is 24.5 Å². The van der Waals surface area contributed by atoms with Crippen LogP contribution in [0.25, 0.3) is 0 Å². The normalized spacial score (nSPS) is 14.6. The van der Waals surface area contributed by atoms with Crippen LogP contribution in [0.1, 0.15) is 21.5 Å². The highest BCUT2D eigenvalue weighted by molar-refractivity contribution is 6.04. The molecule has 2 N–H and O–H groups in total. The average molecular weight is 386 g/mol. The largest absolute Gasteiger partial charge is 0.480 e. The summed E-state index contributed by atoms with van der Waals surface area (Å²) in [6.07, 6.45) is 0.671. The number of rotatable bonds is 6. The number of benzene rings is 3. The number of amides is 2. The van der Waals surface area contributed by atoms with Gasteiger partial charge in [-0.1, -0.05) is 60.7 Å². The first kappa shape index (κ1) is 18.7. The zero-order valence-electron chi connectivity index (χ0n) is 15.9. The third-order valence-electron chi connectivity index (χ3n) is 4.91. The van der Waals surface area contributed by atoms with E-state index in [1.807, 2.05) is 54.6 Å². The Bertz CT molecular complexity index is 992. The first-order valence-corrected chi connectivity index (χ1v) is 9.67. The predicted octanol–water partition coefficient (Wildman–Crippen LogP) is 3.60. The number of carbonyl (C=O) groups is 2. The molecule has 0 spiro atoms. The van der Waals surface area contributed by atoms with Crippen molar-refractivity contribution < 1.29 is 14.3 Å². The van der Waals surface area contributed by atoms with E-state index in [1.54, 1.807) is 24.3 Å². The molecular formula is C24H22N2O3. The van der Waals surface area contributed by atoms with Crippen molar-refractivity contribution in [1.29, 1.82) is 0 Å². The predicted molar refractivity (Wildman–Crippen MR) is 112 cm³/mol. The monoisotopic (exact) mass is 386 g/mol. The highest BCUT2D eigenvalue weighted by Gasteiger charge is 2.29. The fourth-order valence-corrected chi connectivity index (χ4v) is 3.39. The van der Waals surface area contributed by atoms with Crippen LogP contribution in [0.15, 0.2) is 78.9 Å². The Kier molecular flexibility index (Phi) is 5.56. The number of anilines is 1. The Morgan fingerprint density at radius 3 is 2.45 bits per heavy atom. The average Bonchev–Trinajstić information content (AvgIpc) is 3.19. The zero-order chi connectivity index (χ0) is 20.1. The van der Waals surface area contributed by atoms with Gasteiger partial charge in [0, 0.05) is 13.0 Å². The van der Waals surface area contributed by atoms with Gasteiger partial charge in [0.2, 0.25) is 0 Å². The van der Waals surface area contributed by atoms with E-state index in [-0.39, 0.29) is 11.8 Å². The summed E-state index contributed by atoms with van der Waals surface area (Å²) < 4.78 is 5.74. The number of ether oxygens (including phenoxy) is 1. The fourth-order valence-electron chi connectivity index (χ4n) is 3.39. The summed E-state index contributed by atoms with van der Waals surface area (Å²) in [6.45, 7) is 0.520. The molecule has 29 heavy (non-hydrogen) atoms. The molecule has 146 valence electrons. The second kappa shape index (κ2) is 8.61. The maximum Gasteiger partial charge on any atom is 0.265 e. The molecule has 1 heterocycles. The van der Waals surface area contributed by atoms with E-state index in [2.05, 4.69) is 10.6 Å². The summed E-state index contributed by atoms with van der Waals surface area (Å²) in [4.78, 5) is 25.3. The maximum absolute atomic E-state index is 12.7. The summed E-state index contributed by atoms with van der Waals surface area (Å²) in [5.41, 5.74) is 3.09. The molecule has 1 aliphatic rings. The van der Waals surface area contributed by atoms with Gasteiger partial charge in [-0.3, -0.25) is 9.59 Å². The first-order valence-electron chi connectivity index (χ1n) is 9.67. The summed E-state index contributed by atoms with van der Waals surface area (Å²) in [5, 5.41) is 5.77. The zero-order valence-corrected chi connectivity index (χ0v) is 15.9. The number of fused-ring (bicyclic) bond motifs is 1. The molecule has 5 nitrogen and oxygen atoms in total. The summed E-state index contributed by atoms with van der Waals surface area (Å²) >= 11 is 0. The van der Waals surface area contributed by atoms with E-state index in [9.17, 15) is 9.59 Å². The molecule has 0 radical (unpaired) electrons. The van der Waals surface area contributed by atoms with E-state index >= 15 is 0 Å². The minimum Gasteiger partial charge on any atom is -0.480 e. The Morgan fingerprint density at radius 2 is 1.62 bits per heavy atom. The van der Waals surface area contributed by atoms with Gasteiger partial charge in [0.1, 0.15) is 5.75 Å². The van der Waals surface area contributed by atoms with Gasteiger partial charge >= 0.3 is 0 Å². The molecule has 0 saturated carbocycles. The van der Waals surface area contributed by atoms with Crippen LogP contribution in [-0.2, 0) is 17.6 Å². The third-order valence-corrected chi connectivity index (χ3v) is 4.91. The number of carbonyl (C=O) groups excluding carboxylic acids is 2. The first-order chi connectivity index (χ1) is 14.2. The topological polar surface area (TPSA) is 67.4 Å². The number of para-hydroxylation sites is 2. The quantitative estimate of drug-likeness (QED) is 0.680. The van der Waals surface area contributed by atoms with Gasteiger partial charge < -0.3 is 15.4 Å². The van der Waals surface area contributed by atoms with Crippen molar-refractivity contribution in [2.24, 2.45) is 0 Å². The Hall–Kier alpha value is -3.60. The van der Waals surface area contributed by atoms with Crippen molar-refractivity contribution >= 4 is 17.5 Å². The number of hydrogen-bond acceptors (Lipinski definition) is 3. The molecule has 3 aromatic carbocycles. The Labute approximate surface area is 169 Å². The Balaban J connectivity index is 1.38. The smallest absolute Gasteiger partial charge is 0.265 e. The van der Waals surface area contributed by atoms with Crippen molar-refractivity contribution in [3.63, 3.8) is 0 Å². The number of nitrogens with one attached hydrogen (secondary N) is 2. The lowest BCUT2D eigenvalue weighted by atomic mass is 10.1. The maximum atomic E-state index is 12.7. The van der Waals surface area contributed by atoms with Gasteiger partial charge in [-0.2, -0.15) is 0 Å². The summed E-state index contributed by atoms with van der Waals surface area (Å²) in [5.74, 6) is 0.262. The van der Waals surface area contributed by atoms with E-state index in [0.717, 1.165) is 23.3 Å². The van der Waals surface area contributed by atoms with Crippen molar-refractivity contribution in [2.45, 2.75) is 18.9 Å². The van der Waals surface area contributed by atoms with Gasteiger partial charge in [0.05, 0.1) is 11.3 Å². The number of hydrogen-bond donors (Lipinski definition) is 2. The highest BCUT2D eigenvalue weighted by atomic mass is 16.5. The van der Waals surface area contributed by atoms with Crippen LogP contribution in [0.2, 0.25) is 0 Å². The molecule has 0 unspecified atom stereocenters. The van der Waals surface area contributed by atoms with Gasteiger partial charge in [0.15, 0.2) is 6.10 Å². The van der Waals surface area contributed by atoms with Crippen molar-refractivity contribution in [3.05, 3.63) is 95.6 Å². The highest BCUT2D eigenvalue weighted by Crippen LogP contribution is 2.29. The standard InChI is InChI=1S/C24H22N2O3/c27-23(25-15-14-17-8-2-1-3-9-17)19-11-5-6-12-20(19)26-24(28)22-16-18-10-4-7-13-21(18)29-22/h1-13,22H,14-16H2,(H,25,27)(H,26,28)/t22-/m1/s1. The van der Waals surface area contributed by atoms with Crippen molar-refractivity contribution in [3.8, 4) is 5.75 Å². The second-order valence-corrected chi connectivity index (χ2v) is 6.94. The van der Waals surface area contributed by atoms with E-state index < -0.39 is 6.10 Å². The van der Waals surface area contributed by atoms with Crippen LogP contribution in [0.4, 0.5) is 5.69 Å². The van der Waals surface area contributed by atoms with Crippen LogP contribution in [0.3, 0.4) is 0 Å². The molecule has 2 amide bonds. The molecule has 0 fully saturated rings. The van der Waals surface area contributed by atoms with Gasteiger partial charge in [-0.05, 0) is 35.7 Å². The van der Waals surface area contributed by atoms with E-state index in [0.29, 0.717) is 24.2 Å². The lowest BCUT2D eigenvalue weighted by Gasteiger charge is -2.14. The van der Waals surface area contributed by atoms with E-state index in [1.165, 1.54) is 0 Å². The second-order valence-electron chi connectivity index (χ2n) is 6.94. The fraction of sp³-hybridized carbons (Fsp3) is 0.167. The minimum absolute atomic E-state index is 0.215. The minimum atomic E-state index is -0.596. The molecule has 0 aliphatic carbocycles. The van der Waals surface area contributed by atoms with Gasteiger partial charge in [-0.25, -0.2) is 0 Å². The molecule has 0 saturated heterocycles. The van der Waals surface area contributed by atoms with Crippen molar-refractivity contribution in [2.75, 3.05) is 11.9 Å². The van der Waals surface area contributed by atoms with Crippen LogP contribution < -0.4 is 15.4 Å². The molecule has 4 rings (SSSR count). The molecule has 3 aromatic rings. The molecule has 1 atom stereocenters. The molecule has 5 heteroatoms. The van der Waals surface area contributed by atoms with Crippen LogP contribution >= 0.6 is 0 Å². The van der Waals surface area contributed by atoms with Crippen LogP contribution in [0.5, 0.6) is 5.75 Å². The molecular weight excluding hydrogens is 364 g/mol. The Morgan fingerprint density at radius 1 is 0.897 bits per heavy atom. The lowest BCUT2D eigenvalue weighted by molar-refractivity contribution is -0.122. The molecule has 1 aliphatic heterocycles. The van der Waals surface area contributed by atoms with Crippen LogP contribution in [0, 0.1) is 0 Å². The van der Waals surface area contributed by atoms with Crippen molar-refractivity contribution in [1.82, 2.24) is 5.32 Å². The van der Waals surface area contributed by atoms with E-state index in [4.69, 9.17) is 4.74 Å². The lowest BCUT2D eigenvalue weighted by Crippen LogP contribution is -2.33. The van der Waals surface area contributed by atoms with Gasteiger partial charge in [-0.15, -0.1) is 0 Å².